The molecule has 2 rings (SSSR count). The van der Waals surface area contributed by atoms with Crippen LogP contribution >= 0.6 is 43.2 Å². The van der Waals surface area contributed by atoms with Crippen LogP contribution in [0.1, 0.15) is 10.6 Å². The van der Waals surface area contributed by atoms with Crippen molar-refractivity contribution < 1.29 is 0 Å². The first-order chi connectivity index (χ1) is 7.56. The van der Waals surface area contributed by atoms with E-state index < -0.39 is 0 Å². The van der Waals surface area contributed by atoms with E-state index in [1.807, 2.05) is 24.9 Å². The summed E-state index contributed by atoms with van der Waals surface area (Å²) in [6.45, 7) is 2.82. The number of hydrogen-bond donors (Lipinski definition) is 1. The highest BCUT2D eigenvalue weighted by Gasteiger charge is 2.06. The number of halogens is 2. The third-order valence-electron chi connectivity index (χ3n) is 2.16. The fourth-order valence-corrected chi connectivity index (χ4v) is 3.55. The number of aryl methyl sites for hydroxylation is 2. The van der Waals surface area contributed by atoms with Crippen molar-refractivity contribution in [1.29, 1.82) is 0 Å². The first-order valence-corrected chi connectivity index (χ1v) is 7.14. The number of aromatic nitrogens is 2. The van der Waals surface area contributed by atoms with E-state index in [1.54, 1.807) is 11.3 Å². The minimum atomic E-state index is 0.821. The molecule has 3 nitrogen and oxygen atoms in total. The van der Waals surface area contributed by atoms with Crippen LogP contribution in [0.15, 0.2) is 20.5 Å². The minimum Gasteiger partial charge on any atom is -0.377 e. The van der Waals surface area contributed by atoms with Crippen LogP contribution in [0, 0.1) is 6.92 Å². The summed E-state index contributed by atoms with van der Waals surface area (Å²) in [6.07, 6.45) is 1.99. The van der Waals surface area contributed by atoms with Gasteiger partial charge in [0, 0.05) is 29.1 Å². The van der Waals surface area contributed by atoms with Crippen LogP contribution < -0.4 is 5.32 Å². The fraction of sp³-hybridized carbons (Fsp3) is 0.300. The summed E-state index contributed by atoms with van der Waals surface area (Å²) in [5.74, 6) is 0. The van der Waals surface area contributed by atoms with Crippen molar-refractivity contribution in [2.75, 3.05) is 5.32 Å². The number of nitrogens with one attached hydrogen (secondary N) is 1. The number of anilines is 1. The lowest BCUT2D eigenvalue weighted by atomic mass is 10.4. The van der Waals surface area contributed by atoms with E-state index in [-0.39, 0.29) is 0 Å². The summed E-state index contributed by atoms with van der Waals surface area (Å²) in [4.78, 5) is 1.28. The Bertz CT molecular complexity index is 485. The van der Waals surface area contributed by atoms with Crippen LogP contribution in [0.25, 0.3) is 0 Å². The van der Waals surface area contributed by atoms with Crippen molar-refractivity contribution in [3.05, 3.63) is 31.1 Å². The van der Waals surface area contributed by atoms with Crippen LogP contribution in [0.2, 0.25) is 0 Å². The molecule has 0 unspecified atom stereocenters. The minimum absolute atomic E-state index is 0.821. The number of rotatable bonds is 3. The first-order valence-electron chi connectivity index (χ1n) is 4.74. The van der Waals surface area contributed by atoms with Crippen LogP contribution in [-0.2, 0) is 13.6 Å². The predicted octanol–water partition coefficient (Wildman–Crippen LogP) is 3.93. The molecule has 86 valence electrons. The summed E-state index contributed by atoms with van der Waals surface area (Å²) in [6, 6.07) is 2.12. The van der Waals surface area contributed by atoms with Crippen molar-refractivity contribution in [3.8, 4) is 0 Å². The zero-order valence-corrected chi connectivity index (χ0v) is 12.9. The van der Waals surface area contributed by atoms with Crippen molar-refractivity contribution in [2.24, 2.45) is 7.05 Å². The monoisotopic (exact) mass is 363 g/mol. The SMILES string of the molecule is Cc1nn(C)cc1NCc1cc(Br)c(Br)s1. The largest absolute Gasteiger partial charge is 0.377 e. The Labute approximate surface area is 115 Å². The van der Waals surface area contributed by atoms with Gasteiger partial charge in [-0.3, -0.25) is 4.68 Å². The van der Waals surface area contributed by atoms with Gasteiger partial charge in [0.1, 0.15) is 0 Å². The van der Waals surface area contributed by atoms with Gasteiger partial charge in [0.2, 0.25) is 0 Å². The maximum atomic E-state index is 4.29. The lowest BCUT2D eigenvalue weighted by Gasteiger charge is -2.01. The predicted molar refractivity (Wildman–Crippen MR) is 75.0 cm³/mol. The van der Waals surface area contributed by atoms with E-state index in [9.17, 15) is 0 Å². The lowest BCUT2D eigenvalue weighted by molar-refractivity contribution is 0.756. The van der Waals surface area contributed by atoms with Gasteiger partial charge in [0.15, 0.2) is 0 Å². The van der Waals surface area contributed by atoms with E-state index in [4.69, 9.17) is 0 Å². The van der Waals surface area contributed by atoms with E-state index in [0.29, 0.717) is 0 Å². The van der Waals surface area contributed by atoms with Gasteiger partial charge < -0.3 is 5.32 Å². The Morgan fingerprint density at radius 3 is 2.75 bits per heavy atom. The van der Waals surface area contributed by atoms with Crippen LogP contribution in [-0.4, -0.2) is 9.78 Å². The smallest absolute Gasteiger partial charge is 0.0843 e. The average molecular weight is 365 g/mol. The molecule has 16 heavy (non-hydrogen) atoms. The van der Waals surface area contributed by atoms with Gasteiger partial charge in [-0.05, 0) is 44.8 Å². The highest BCUT2D eigenvalue weighted by Crippen LogP contribution is 2.32. The molecule has 6 heteroatoms. The second-order valence-corrected chi connectivity index (χ2v) is 6.80. The quantitative estimate of drug-likeness (QED) is 0.894. The Morgan fingerprint density at radius 2 is 2.25 bits per heavy atom. The highest BCUT2D eigenvalue weighted by molar-refractivity contribution is 9.13. The molecular weight excluding hydrogens is 354 g/mol. The van der Waals surface area contributed by atoms with Gasteiger partial charge in [-0.25, -0.2) is 0 Å². The molecule has 2 heterocycles. The summed E-state index contributed by atoms with van der Waals surface area (Å²) in [7, 11) is 1.93. The molecule has 0 bridgehead atoms. The van der Waals surface area contributed by atoms with Crippen LogP contribution in [0.3, 0.4) is 0 Å². The average Bonchev–Trinajstić information content (AvgIpc) is 2.68. The van der Waals surface area contributed by atoms with Crippen LogP contribution in [0.4, 0.5) is 5.69 Å². The number of hydrogen-bond acceptors (Lipinski definition) is 3. The Balaban J connectivity index is 2.04. The molecule has 0 saturated heterocycles. The molecule has 0 aliphatic heterocycles. The van der Waals surface area contributed by atoms with Crippen molar-refractivity contribution >= 4 is 48.9 Å². The van der Waals surface area contributed by atoms with E-state index in [1.165, 1.54) is 4.88 Å². The van der Waals surface area contributed by atoms with Gasteiger partial charge >= 0.3 is 0 Å². The molecule has 0 aromatic carbocycles. The summed E-state index contributed by atoms with van der Waals surface area (Å²) in [5.41, 5.74) is 2.11. The second-order valence-electron chi connectivity index (χ2n) is 3.49. The molecule has 2 aromatic heterocycles. The molecule has 0 saturated carbocycles. The molecule has 1 N–H and O–H groups in total. The van der Waals surface area contributed by atoms with E-state index in [2.05, 4.69) is 48.3 Å². The third kappa shape index (κ3) is 2.67. The molecule has 0 aliphatic rings. The second kappa shape index (κ2) is 4.89. The van der Waals surface area contributed by atoms with Crippen molar-refractivity contribution in [2.45, 2.75) is 13.5 Å². The lowest BCUT2D eigenvalue weighted by Crippen LogP contribution is -1.97. The fourth-order valence-electron chi connectivity index (χ4n) is 1.43. The maximum absolute atomic E-state index is 4.29. The first kappa shape index (κ1) is 12.1. The van der Waals surface area contributed by atoms with Crippen molar-refractivity contribution in [1.82, 2.24) is 9.78 Å². The highest BCUT2D eigenvalue weighted by atomic mass is 79.9. The molecule has 0 fully saturated rings. The maximum Gasteiger partial charge on any atom is 0.0843 e. The van der Waals surface area contributed by atoms with Crippen LogP contribution in [0.5, 0.6) is 0 Å². The molecule has 0 amide bonds. The third-order valence-corrected chi connectivity index (χ3v) is 5.42. The van der Waals surface area contributed by atoms with E-state index in [0.717, 1.165) is 26.2 Å². The molecule has 0 aliphatic carbocycles. The number of thiophene rings is 1. The molecule has 0 spiro atoms. The topological polar surface area (TPSA) is 29.9 Å². The molecular formula is C10H11Br2N3S. The molecule has 0 radical (unpaired) electrons. The Morgan fingerprint density at radius 1 is 1.50 bits per heavy atom. The van der Waals surface area contributed by atoms with Crippen molar-refractivity contribution in [3.63, 3.8) is 0 Å². The standard InChI is InChI=1S/C10H11Br2N3S/c1-6-9(5-15(2)14-6)13-4-7-3-8(11)10(12)16-7/h3,5,13H,4H2,1-2H3. The van der Waals surface area contributed by atoms with Gasteiger partial charge in [-0.15, -0.1) is 11.3 Å². The van der Waals surface area contributed by atoms with Gasteiger partial charge in [0.25, 0.3) is 0 Å². The normalized spacial score (nSPS) is 10.8. The van der Waals surface area contributed by atoms with Gasteiger partial charge in [0.05, 0.1) is 15.2 Å². The summed E-state index contributed by atoms with van der Waals surface area (Å²) < 4.78 is 4.06. The summed E-state index contributed by atoms with van der Waals surface area (Å²) in [5, 5.41) is 7.66. The zero-order chi connectivity index (χ0) is 11.7. The zero-order valence-electron chi connectivity index (χ0n) is 8.92. The Kier molecular flexibility index (Phi) is 3.71. The van der Waals surface area contributed by atoms with Gasteiger partial charge in [-0.1, -0.05) is 0 Å². The van der Waals surface area contributed by atoms with E-state index >= 15 is 0 Å². The molecule has 2 aromatic rings. The number of nitrogens with zero attached hydrogens (tertiary/aromatic N) is 2. The summed E-state index contributed by atoms with van der Waals surface area (Å²) >= 11 is 8.69. The molecule has 0 atom stereocenters. The Hall–Kier alpha value is -0.330. The van der Waals surface area contributed by atoms with Gasteiger partial charge in [-0.2, -0.15) is 5.10 Å².